The van der Waals surface area contributed by atoms with Crippen molar-refractivity contribution in [2.45, 2.75) is 11.4 Å². The van der Waals surface area contributed by atoms with Crippen molar-refractivity contribution in [2.75, 3.05) is 0 Å². The zero-order chi connectivity index (χ0) is 18.0. The van der Waals surface area contributed by atoms with Crippen molar-refractivity contribution in [3.05, 3.63) is 84.8 Å². The van der Waals surface area contributed by atoms with Crippen LogP contribution in [0.1, 0.15) is 5.56 Å². The Kier molecular flexibility index (Phi) is 4.24. The third kappa shape index (κ3) is 3.22. The third-order valence-electron chi connectivity index (χ3n) is 4.06. The van der Waals surface area contributed by atoms with Crippen LogP contribution in [0.3, 0.4) is 0 Å². The molecule has 0 bridgehead atoms. The minimum atomic E-state index is -3.67. The van der Waals surface area contributed by atoms with Crippen LogP contribution in [0.25, 0.3) is 16.6 Å². The van der Waals surface area contributed by atoms with Crippen LogP contribution in [0, 0.1) is 0 Å². The van der Waals surface area contributed by atoms with Crippen LogP contribution in [0.2, 0.25) is 0 Å². The number of rotatable bonds is 5. The molecule has 2 heterocycles. The highest BCUT2D eigenvalue weighted by atomic mass is 32.2. The third-order valence-corrected chi connectivity index (χ3v) is 5.49. The van der Waals surface area contributed by atoms with E-state index in [1.54, 1.807) is 35.3 Å². The average Bonchev–Trinajstić information content (AvgIpc) is 3.21. The number of pyridine rings is 1. The predicted molar refractivity (Wildman–Crippen MR) is 99.3 cm³/mol. The zero-order valence-corrected chi connectivity index (χ0v) is 14.6. The summed E-state index contributed by atoms with van der Waals surface area (Å²) in [6, 6.07) is 18.2. The molecule has 6 nitrogen and oxygen atoms in total. The van der Waals surface area contributed by atoms with Crippen LogP contribution >= 0.6 is 0 Å². The van der Waals surface area contributed by atoms with Gasteiger partial charge in [-0.1, -0.05) is 30.3 Å². The largest absolute Gasteiger partial charge is 0.255 e. The van der Waals surface area contributed by atoms with E-state index in [0.717, 1.165) is 16.6 Å². The Hall–Kier alpha value is -3.03. The summed E-state index contributed by atoms with van der Waals surface area (Å²) in [5.74, 6) is 0. The van der Waals surface area contributed by atoms with Gasteiger partial charge in [0.05, 0.1) is 11.2 Å². The summed E-state index contributed by atoms with van der Waals surface area (Å²) in [6.45, 7) is 0.199. The Bertz CT molecular complexity index is 1130. The molecule has 0 saturated heterocycles. The fourth-order valence-corrected chi connectivity index (χ4v) is 3.93. The first-order chi connectivity index (χ1) is 12.6. The van der Waals surface area contributed by atoms with E-state index in [1.165, 1.54) is 0 Å². The monoisotopic (exact) mass is 364 g/mol. The maximum absolute atomic E-state index is 12.7. The zero-order valence-electron chi connectivity index (χ0n) is 13.8. The number of hydrogen-bond donors (Lipinski definition) is 1. The smallest absolute Gasteiger partial charge is 0.243 e. The molecule has 0 aliphatic rings. The number of nitrogens with zero attached hydrogens (tertiary/aromatic N) is 3. The van der Waals surface area contributed by atoms with E-state index in [2.05, 4.69) is 14.8 Å². The summed E-state index contributed by atoms with van der Waals surface area (Å²) in [6.07, 6.45) is 5.15. The molecule has 2 aromatic heterocycles. The van der Waals surface area contributed by atoms with Crippen LogP contribution in [0.5, 0.6) is 0 Å². The molecule has 0 atom stereocenters. The van der Waals surface area contributed by atoms with Gasteiger partial charge >= 0.3 is 0 Å². The van der Waals surface area contributed by atoms with Crippen molar-refractivity contribution in [1.29, 1.82) is 0 Å². The molecule has 0 fully saturated rings. The maximum atomic E-state index is 12.7. The van der Waals surface area contributed by atoms with E-state index in [-0.39, 0.29) is 11.4 Å². The molecule has 4 rings (SSSR count). The van der Waals surface area contributed by atoms with E-state index in [0.29, 0.717) is 5.52 Å². The molecule has 0 aliphatic carbocycles. The molecule has 130 valence electrons. The Labute approximate surface area is 151 Å². The van der Waals surface area contributed by atoms with E-state index in [9.17, 15) is 8.42 Å². The molecule has 7 heteroatoms. The van der Waals surface area contributed by atoms with Crippen LogP contribution in [0.15, 0.2) is 84.1 Å². The first-order valence-corrected chi connectivity index (χ1v) is 9.54. The number of nitrogens with one attached hydrogen (secondary N) is 1. The fraction of sp³-hybridized carbons (Fsp3) is 0.0526. The lowest BCUT2D eigenvalue weighted by molar-refractivity contribution is 0.582. The molecule has 0 amide bonds. The van der Waals surface area contributed by atoms with Gasteiger partial charge in [-0.2, -0.15) is 5.10 Å². The molecule has 0 aliphatic heterocycles. The second kappa shape index (κ2) is 6.70. The lowest BCUT2D eigenvalue weighted by Crippen LogP contribution is -2.23. The molecule has 2 aromatic carbocycles. The van der Waals surface area contributed by atoms with Crippen molar-refractivity contribution in [3.8, 4) is 5.69 Å². The van der Waals surface area contributed by atoms with Crippen molar-refractivity contribution < 1.29 is 8.42 Å². The summed E-state index contributed by atoms with van der Waals surface area (Å²) < 4.78 is 29.8. The van der Waals surface area contributed by atoms with Gasteiger partial charge in [0.1, 0.15) is 4.90 Å². The summed E-state index contributed by atoms with van der Waals surface area (Å²) in [7, 11) is -3.67. The highest BCUT2D eigenvalue weighted by Crippen LogP contribution is 2.20. The number of fused-ring (bicyclic) bond motifs is 1. The Balaban J connectivity index is 1.55. The number of benzene rings is 2. The van der Waals surface area contributed by atoms with Crippen LogP contribution in [0.4, 0.5) is 0 Å². The van der Waals surface area contributed by atoms with Gasteiger partial charge in [0, 0.05) is 30.5 Å². The lowest BCUT2D eigenvalue weighted by atomic mass is 10.2. The second-order valence-electron chi connectivity index (χ2n) is 5.77. The first-order valence-electron chi connectivity index (χ1n) is 8.06. The van der Waals surface area contributed by atoms with Gasteiger partial charge in [0.15, 0.2) is 0 Å². The van der Waals surface area contributed by atoms with Gasteiger partial charge in [-0.25, -0.2) is 17.8 Å². The topological polar surface area (TPSA) is 76.9 Å². The normalized spacial score (nSPS) is 11.7. The quantitative estimate of drug-likeness (QED) is 0.591. The summed E-state index contributed by atoms with van der Waals surface area (Å²) in [4.78, 5) is 4.40. The van der Waals surface area contributed by atoms with Crippen molar-refractivity contribution in [2.24, 2.45) is 0 Å². The van der Waals surface area contributed by atoms with E-state index in [4.69, 9.17) is 0 Å². The first kappa shape index (κ1) is 16.4. The maximum Gasteiger partial charge on any atom is 0.243 e. The summed E-state index contributed by atoms with van der Waals surface area (Å²) in [5.41, 5.74) is 2.24. The van der Waals surface area contributed by atoms with Gasteiger partial charge < -0.3 is 0 Å². The van der Waals surface area contributed by atoms with Gasteiger partial charge in [0.2, 0.25) is 10.0 Å². The van der Waals surface area contributed by atoms with E-state index < -0.39 is 10.0 Å². The lowest BCUT2D eigenvalue weighted by Gasteiger charge is -2.09. The van der Waals surface area contributed by atoms with Crippen molar-refractivity contribution in [3.63, 3.8) is 0 Å². The number of aromatic nitrogens is 3. The molecule has 26 heavy (non-hydrogen) atoms. The minimum absolute atomic E-state index is 0.184. The van der Waals surface area contributed by atoms with Crippen LogP contribution in [-0.4, -0.2) is 23.2 Å². The van der Waals surface area contributed by atoms with Gasteiger partial charge in [-0.05, 0) is 35.9 Å². The molecule has 0 saturated carbocycles. The number of hydrogen-bond acceptors (Lipinski definition) is 4. The Morgan fingerprint density at radius 3 is 2.50 bits per heavy atom. The van der Waals surface area contributed by atoms with E-state index >= 15 is 0 Å². The molecule has 4 aromatic rings. The molecule has 1 N–H and O–H groups in total. The Morgan fingerprint density at radius 1 is 0.923 bits per heavy atom. The molecule has 0 radical (unpaired) electrons. The highest BCUT2D eigenvalue weighted by Gasteiger charge is 2.17. The second-order valence-corrected chi connectivity index (χ2v) is 7.51. The van der Waals surface area contributed by atoms with Crippen molar-refractivity contribution in [1.82, 2.24) is 19.5 Å². The molecule has 0 unspecified atom stereocenters. The van der Waals surface area contributed by atoms with Gasteiger partial charge in [-0.3, -0.25) is 4.98 Å². The number of sulfonamides is 1. The summed E-state index contributed by atoms with van der Waals surface area (Å²) >= 11 is 0. The average molecular weight is 364 g/mol. The molecular formula is C19H16N4O2S. The van der Waals surface area contributed by atoms with Crippen LogP contribution < -0.4 is 4.72 Å². The SMILES string of the molecule is O=S(=O)(NCc1ccc(-n2cccn2)cc1)c1cccc2cccnc12. The molecule has 0 spiro atoms. The predicted octanol–water partition coefficient (Wildman–Crippen LogP) is 2.90. The molecular weight excluding hydrogens is 348 g/mol. The fourth-order valence-electron chi connectivity index (χ4n) is 2.74. The van der Waals surface area contributed by atoms with E-state index in [1.807, 2.05) is 48.7 Å². The standard InChI is InChI=1S/C19H16N4O2S/c24-26(25,18-6-1-4-16-5-2-11-20-19(16)18)22-14-15-7-9-17(10-8-15)23-13-3-12-21-23/h1-13,22H,14H2. The Morgan fingerprint density at radius 2 is 1.73 bits per heavy atom. The van der Waals surface area contributed by atoms with Crippen LogP contribution in [-0.2, 0) is 16.6 Å². The van der Waals surface area contributed by atoms with Crippen molar-refractivity contribution >= 4 is 20.9 Å². The minimum Gasteiger partial charge on any atom is -0.255 e. The van der Waals surface area contributed by atoms with Gasteiger partial charge in [0.25, 0.3) is 0 Å². The number of para-hydroxylation sites is 1. The van der Waals surface area contributed by atoms with Gasteiger partial charge in [-0.15, -0.1) is 0 Å². The highest BCUT2D eigenvalue weighted by molar-refractivity contribution is 7.89. The summed E-state index contributed by atoms with van der Waals surface area (Å²) in [5, 5.41) is 4.96.